The summed E-state index contributed by atoms with van der Waals surface area (Å²) in [6.07, 6.45) is 4.44. The van der Waals surface area contributed by atoms with Crippen LogP contribution in [0.3, 0.4) is 0 Å². The molecule has 8 heteroatoms. The molecule has 1 aliphatic rings. The van der Waals surface area contributed by atoms with Gasteiger partial charge in [0, 0.05) is 9.72 Å². The Hall–Kier alpha value is -2.32. The van der Waals surface area contributed by atoms with Gasteiger partial charge in [-0.25, -0.2) is 9.48 Å². The Morgan fingerprint density at radius 1 is 1.09 bits per heavy atom. The van der Waals surface area contributed by atoms with Crippen LogP contribution < -0.4 is 4.74 Å². The summed E-state index contributed by atoms with van der Waals surface area (Å²) in [4.78, 5) is 12.5. The van der Waals surface area contributed by atoms with Gasteiger partial charge in [0.2, 0.25) is 5.69 Å². The van der Waals surface area contributed by atoms with Gasteiger partial charge in [0.05, 0.1) is 20.3 Å². The zero-order valence-corrected chi connectivity index (χ0v) is 21.3. The first kappa shape index (κ1) is 23.8. The van der Waals surface area contributed by atoms with E-state index in [0.29, 0.717) is 30.0 Å². The first-order valence-electron chi connectivity index (χ1n) is 11.2. The SMILES string of the molecule is CCOC(=O)c1nnn(Cc2ccc(OC)cc2)c1S[C@H]1CC[C@H](c2ccc(Br)cc2)CC1. The van der Waals surface area contributed by atoms with Gasteiger partial charge in [0.15, 0.2) is 0 Å². The first-order chi connectivity index (χ1) is 16.1. The number of nitrogens with zero attached hydrogens (tertiary/aromatic N) is 3. The minimum Gasteiger partial charge on any atom is -0.497 e. The summed E-state index contributed by atoms with van der Waals surface area (Å²) < 4.78 is 13.4. The van der Waals surface area contributed by atoms with Crippen molar-refractivity contribution in [1.29, 1.82) is 0 Å². The van der Waals surface area contributed by atoms with Gasteiger partial charge in [-0.2, -0.15) is 0 Å². The monoisotopic (exact) mass is 529 g/mol. The van der Waals surface area contributed by atoms with Gasteiger partial charge in [-0.3, -0.25) is 0 Å². The van der Waals surface area contributed by atoms with Crippen LogP contribution in [-0.2, 0) is 11.3 Å². The van der Waals surface area contributed by atoms with Gasteiger partial charge in [0.1, 0.15) is 10.8 Å². The Morgan fingerprint density at radius 3 is 2.42 bits per heavy atom. The molecule has 174 valence electrons. The van der Waals surface area contributed by atoms with E-state index in [1.807, 2.05) is 28.9 Å². The van der Waals surface area contributed by atoms with Crippen molar-refractivity contribution in [2.24, 2.45) is 0 Å². The Morgan fingerprint density at radius 2 is 1.79 bits per heavy atom. The van der Waals surface area contributed by atoms with Gasteiger partial charge in [-0.1, -0.05) is 45.4 Å². The molecule has 2 aromatic carbocycles. The maximum Gasteiger partial charge on any atom is 0.361 e. The molecule has 3 aromatic rings. The van der Waals surface area contributed by atoms with E-state index < -0.39 is 5.97 Å². The number of esters is 1. The second-order valence-electron chi connectivity index (χ2n) is 8.11. The lowest BCUT2D eigenvalue weighted by Crippen LogP contribution is -2.17. The average molecular weight is 530 g/mol. The van der Waals surface area contributed by atoms with E-state index in [-0.39, 0.29) is 0 Å². The second-order valence-corrected chi connectivity index (χ2v) is 10.3. The summed E-state index contributed by atoms with van der Waals surface area (Å²) in [5.41, 5.74) is 2.78. The topological polar surface area (TPSA) is 66.2 Å². The highest BCUT2D eigenvalue weighted by molar-refractivity contribution is 9.10. The largest absolute Gasteiger partial charge is 0.497 e. The fraction of sp³-hybridized carbons (Fsp3) is 0.400. The molecule has 4 rings (SSSR count). The molecule has 0 atom stereocenters. The third-order valence-electron chi connectivity index (χ3n) is 5.94. The molecule has 0 N–H and O–H groups in total. The lowest BCUT2D eigenvalue weighted by atomic mass is 9.84. The number of hydrogen-bond acceptors (Lipinski definition) is 6. The van der Waals surface area contributed by atoms with Crippen LogP contribution >= 0.6 is 27.7 Å². The van der Waals surface area contributed by atoms with Crippen molar-refractivity contribution >= 4 is 33.7 Å². The number of aromatic nitrogens is 3. The third kappa shape index (κ3) is 5.98. The normalized spacial score (nSPS) is 18.2. The van der Waals surface area contributed by atoms with Crippen LogP contribution in [0.5, 0.6) is 5.75 Å². The number of ether oxygens (including phenoxy) is 2. The van der Waals surface area contributed by atoms with E-state index in [1.54, 1.807) is 25.8 Å². The summed E-state index contributed by atoms with van der Waals surface area (Å²) in [5.74, 6) is 0.980. The van der Waals surface area contributed by atoms with Crippen LogP contribution in [0.1, 0.15) is 60.1 Å². The molecule has 0 radical (unpaired) electrons. The molecule has 1 heterocycles. The molecule has 1 aliphatic carbocycles. The molecule has 0 saturated heterocycles. The van der Waals surface area contributed by atoms with E-state index in [9.17, 15) is 4.79 Å². The van der Waals surface area contributed by atoms with Gasteiger partial charge in [-0.05, 0) is 73.9 Å². The highest BCUT2D eigenvalue weighted by Gasteiger charge is 2.28. The van der Waals surface area contributed by atoms with Crippen molar-refractivity contribution in [3.63, 3.8) is 0 Å². The second kappa shape index (κ2) is 11.2. The number of rotatable bonds is 8. The minimum atomic E-state index is -0.412. The summed E-state index contributed by atoms with van der Waals surface area (Å²) in [7, 11) is 1.65. The van der Waals surface area contributed by atoms with Crippen molar-refractivity contribution in [1.82, 2.24) is 15.0 Å². The Bertz CT molecular complexity index is 1060. The lowest BCUT2D eigenvalue weighted by Gasteiger charge is -2.28. The van der Waals surface area contributed by atoms with E-state index in [4.69, 9.17) is 9.47 Å². The zero-order chi connectivity index (χ0) is 23.2. The fourth-order valence-electron chi connectivity index (χ4n) is 4.16. The highest BCUT2D eigenvalue weighted by atomic mass is 79.9. The van der Waals surface area contributed by atoms with Crippen LogP contribution in [0.15, 0.2) is 58.0 Å². The molecule has 1 fully saturated rings. The number of thioether (sulfide) groups is 1. The van der Waals surface area contributed by atoms with E-state index in [2.05, 4.69) is 50.5 Å². The number of hydrogen-bond donors (Lipinski definition) is 0. The van der Waals surface area contributed by atoms with E-state index in [1.165, 1.54) is 5.56 Å². The smallest absolute Gasteiger partial charge is 0.361 e. The average Bonchev–Trinajstić information content (AvgIpc) is 3.23. The molecule has 0 bridgehead atoms. The summed E-state index contributed by atoms with van der Waals surface area (Å²) in [5, 5.41) is 9.70. The molecule has 0 unspecified atom stereocenters. The molecule has 1 aromatic heterocycles. The molecular formula is C25H28BrN3O3S. The van der Waals surface area contributed by atoms with Gasteiger partial charge < -0.3 is 9.47 Å². The quantitative estimate of drug-likeness (QED) is 0.329. The predicted molar refractivity (Wildman–Crippen MR) is 133 cm³/mol. The first-order valence-corrected chi connectivity index (χ1v) is 12.9. The van der Waals surface area contributed by atoms with E-state index >= 15 is 0 Å². The molecule has 0 amide bonds. The zero-order valence-electron chi connectivity index (χ0n) is 18.9. The maximum absolute atomic E-state index is 12.5. The number of halogens is 1. The summed E-state index contributed by atoms with van der Waals surface area (Å²) >= 11 is 5.23. The van der Waals surface area contributed by atoms with Crippen LogP contribution in [0.4, 0.5) is 0 Å². The minimum absolute atomic E-state index is 0.311. The van der Waals surface area contributed by atoms with Crippen molar-refractivity contribution in [3.8, 4) is 5.75 Å². The standard InChI is InChI=1S/C25H28BrN3O3S/c1-3-32-25(30)23-24(29(28-27-23)16-17-4-12-21(31-2)13-5-17)33-22-14-8-19(9-15-22)18-6-10-20(26)11-7-18/h4-7,10-13,19,22H,3,8-9,14-16H2,1-2H3/t19-,22-. The van der Waals surface area contributed by atoms with Crippen LogP contribution in [0, 0.1) is 0 Å². The Kier molecular flexibility index (Phi) is 8.09. The van der Waals surface area contributed by atoms with Crippen molar-refractivity contribution in [3.05, 3.63) is 69.8 Å². The molecular weight excluding hydrogens is 502 g/mol. The van der Waals surface area contributed by atoms with Crippen molar-refractivity contribution < 1.29 is 14.3 Å². The van der Waals surface area contributed by atoms with Crippen molar-refractivity contribution in [2.45, 2.75) is 55.3 Å². The Labute approximate surface area is 207 Å². The molecule has 0 spiro atoms. The van der Waals surface area contributed by atoms with Crippen LogP contribution in [0.2, 0.25) is 0 Å². The fourth-order valence-corrected chi connectivity index (χ4v) is 5.71. The summed E-state index contributed by atoms with van der Waals surface area (Å²) in [6.45, 7) is 2.65. The van der Waals surface area contributed by atoms with Gasteiger partial charge in [0.25, 0.3) is 0 Å². The van der Waals surface area contributed by atoms with Gasteiger partial charge >= 0.3 is 5.97 Å². The number of benzene rings is 2. The van der Waals surface area contributed by atoms with E-state index in [0.717, 1.165) is 46.5 Å². The van der Waals surface area contributed by atoms with Crippen molar-refractivity contribution in [2.75, 3.05) is 13.7 Å². The molecule has 1 saturated carbocycles. The third-order valence-corrected chi connectivity index (χ3v) is 7.90. The highest BCUT2D eigenvalue weighted by Crippen LogP contribution is 2.41. The number of carbonyl (C=O) groups is 1. The van der Waals surface area contributed by atoms with Crippen LogP contribution in [0.25, 0.3) is 0 Å². The molecule has 33 heavy (non-hydrogen) atoms. The predicted octanol–water partition coefficient (Wildman–Crippen LogP) is 6.09. The Balaban J connectivity index is 1.48. The van der Waals surface area contributed by atoms with Gasteiger partial charge in [-0.15, -0.1) is 16.9 Å². The number of carbonyl (C=O) groups excluding carboxylic acids is 1. The molecule has 6 nitrogen and oxygen atoms in total. The van der Waals surface area contributed by atoms with Crippen LogP contribution in [-0.4, -0.2) is 39.9 Å². The lowest BCUT2D eigenvalue weighted by molar-refractivity contribution is 0.0515. The maximum atomic E-state index is 12.5. The summed E-state index contributed by atoms with van der Waals surface area (Å²) in [6, 6.07) is 16.5. The number of methoxy groups -OCH3 is 1. The molecule has 0 aliphatic heterocycles.